The minimum atomic E-state index is -3.07. The van der Waals surface area contributed by atoms with Crippen LogP contribution in [0.4, 0.5) is 4.39 Å². The van der Waals surface area contributed by atoms with E-state index < -0.39 is 27.6 Å². The molecule has 7 heteroatoms. The average molecular weight is 310 g/mol. The summed E-state index contributed by atoms with van der Waals surface area (Å²) in [7, 11) is -3.07. The maximum Gasteiger partial charge on any atom is 0.252 e. The molecule has 0 saturated carbocycles. The highest BCUT2D eigenvalue weighted by molar-refractivity contribution is 7.91. The van der Waals surface area contributed by atoms with Crippen LogP contribution in [0.25, 0.3) is 0 Å². The van der Waals surface area contributed by atoms with E-state index in [1.165, 1.54) is 6.07 Å². The Kier molecular flexibility index (Phi) is 4.60. The van der Waals surface area contributed by atoms with Crippen molar-refractivity contribution >= 4 is 15.7 Å². The molecule has 5 nitrogen and oxygen atoms in total. The second-order valence-corrected chi connectivity index (χ2v) is 7.00. The standard InChI is InChI=1S/C14H15FN2O3S/c15-11-3-4-13(10(8-11)2-1-6-16)14(18)17-12-5-7-21(19,20)9-12/h3-4,8,12H,5-7,9,16H2,(H,17,18). The molecule has 0 radical (unpaired) electrons. The van der Waals surface area contributed by atoms with Crippen molar-refractivity contribution in [2.75, 3.05) is 18.1 Å². The van der Waals surface area contributed by atoms with Gasteiger partial charge in [-0.15, -0.1) is 0 Å². The van der Waals surface area contributed by atoms with E-state index in [-0.39, 0.29) is 29.2 Å². The Morgan fingerprint density at radius 2 is 2.24 bits per heavy atom. The van der Waals surface area contributed by atoms with Crippen molar-refractivity contribution in [3.05, 3.63) is 35.1 Å². The van der Waals surface area contributed by atoms with E-state index in [1.807, 2.05) is 0 Å². The van der Waals surface area contributed by atoms with Crippen LogP contribution in [0.2, 0.25) is 0 Å². The Balaban J connectivity index is 2.19. The van der Waals surface area contributed by atoms with E-state index in [2.05, 4.69) is 17.2 Å². The van der Waals surface area contributed by atoms with Crippen molar-refractivity contribution in [1.82, 2.24) is 5.32 Å². The molecule has 1 aliphatic rings. The van der Waals surface area contributed by atoms with Crippen LogP contribution in [0.5, 0.6) is 0 Å². The molecular weight excluding hydrogens is 295 g/mol. The normalized spacial score (nSPS) is 19.6. The summed E-state index contributed by atoms with van der Waals surface area (Å²) in [6.45, 7) is 0.0957. The summed E-state index contributed by atoms with van der Waals surface area (Å²) in [5.41, 5.74) is 5.71. The number of hydrogen-bond donors (Lipinski definition) is 2. The molecule has 112 valence electrons. The number of hydrogen-bond acceptors (Lipinski definition) is 4. The fraction of sp³-hybridized carbons (Fsp3) is 0.357. The monoisotopic (exact) mass is 310 g/mol. The number of sulfone groups is 1. The molecule has 1 aromatic rings. The van der Waals surface area contributed by atoms with Gasteiger partial charge >= 0.3 is 0 Å². The average Bonchev–Trinajstić information content (AvgIpc) is 2.75. The third-order valence-corrected chi connectivity index (χ3v) is 4.89. The van der Waals surface area contributed by atoms with Gasteiger partial charge < -0.3 is 11.1 Å². The molecule has 1 aliphatic heterocycles. The number of nitrogens with one attached hydrogen (secondary N) is 1. The molecule has 2 rings (SSSR count). The van der Waals surface area contributed by atoms with Gasteiger partial charge in [-0.05, 0) is 24.6 Å². The summed E-state index contributed by atoms with van der Waals surface area (Å²) < 4.78 is 36.0. The van der Waals surface area contributed by atoms with E-state index in [0.29, 0.717) is 6.42 Å². The van der Waals surface area contributed by atoms with Crippen LogP contribution in [-0.4, -0.2) is 38.4 Å². The van der Waals surface area contributed by atoms with Crippen LogP contribution >= 0.6 is 0 Å². The van der Waals surface area contributed by atoms with Crippen LogP contribution < -0.4 is 11.1 Å². The highest BCUT2D eigenvalue weighted by Crippen LogP contribution is 2.14. The van der Waals surface area contributed by atoms with Crippen LogP contribution in [0.15, 0.2) is 18.2 Å². The second-order valence-electron chi connectivity index (χ2n) is 4.77. The second kappa shape index (κ2) is 6.24. The number of carbonyl (C=O) groups excluding carboxylic acids is 1. The first kappa shape index (κ1) is 15.5. The lowest BCUT2D eigenvalue weighted by atomic mass is 10.1. The van der Waals surface area contributed by atoms with Gasteiger partial charge in [0.1, 0.15) is 5.82 Å². The van der Waals surface area contributed by atoms with Crippen molar-refractivity contribution < 1.29 is 17.6 Å². The maximum absolute atomic E-state index is 13.2. The van der Waals surface area contributed by atoms with E-state index in [4.69, 9.17) is 5.73 Å². The number of amides is 1. The first-order valence-corrected chi connectivity index (χ1v) is 8.23. The van der Waals surface area contributed by atoms with Crippen LogP contribution in [0, 0.1) is 17.7 Å². The van der Waals surface area contributed by atoms with Gasteiger partial charge in [-0.3, -0.25) is 4.79 Å². The first-order chi connectivity index (χ1) is 9.91. The van der Waals surface area contributed by atoms with Crippen molar-refractivity contribution in [1.29, 1.82) is 0 Å². The summed E-state index contributed by atoms with van der Waals surface area (Å²) in [6, 6.07) is 3.23. The smallest absolute Gasteiger partial charge is 0.252 e. The number of halogens is 1. The van der Waals surface area contributed by atoms with Gasteiger partial charge in [-0.1, -0.05) is 11.8 Å². The van der Waals surface area contributed by atoms with Crippen molar-refractivity contribution in [3.8, 4) is 11.8 Å². The molecule has 0 spiro atoms. The fourth-order valence-electron chi connectivity index (χ4n) is 2.14. The molecule has 1 saturated heterocycles. The van der Waals surface area contributed by atoms with Crippen molar-refractivity contribution in [3.63, 3.8) is 0 Å². The Labute approximate surface area is 122 Å². The summed E-state index contributed by atoms with van der Waals surface area (Å²) in [5.74, 6) is 4.25. The van der Waals surface area contributed by atoms with Crippen molar-refractivity contribution in [2.45, 2.75) is 12.5 Å². The van der Waals surface area contributed by atoms with Gasteiger partial charge in [0.2, 0.25) is 0 Å². The molecule has 21 heavy (non-hydrogen) atoms. The Bertz CT molecular complexity index is 719. The third-order valence-electron chi connectivity index (χ3n) is 3.12. The van der Waals surface area contributed by atoms with Gasteiger partial charge in [-0.2, -0.15) is 0 Å². The molecule has 1 heterocycles. The number of carbonyl (C=O) groups is 1. The summed E-state index contributed by atoms with van der Waals surface area (Å²) >= 11 is 0. The SMILES string of the molecule is NCC#Cc1cc(F)ccc1C(=O)NC1CCS(=O)(=O)C1. The molecule has 1 atom stereocenters. The third kappa shape index (κ3) is 4.03. The minimum absolute atomic E-state index is 0.0657. The molecule has 0 aliphatic carbocycles. The predicted octanol–water partition coefficient (Wildman–Crippen LogP) is 0.0528. The lowest BCUT2D eigenvalue weighted by Crippen LogP contribution is -2.36. The van der Waals surface area contributed by atoms with E-state index in [1.54, 1.807) is 0 Å². The summed E-state index contributed by atoms with van der Waals surface area (Å²) in [4.78, 5) is 12.2. The molecule has 1 aromatic carbocycles. The van der Waals surface area contributed by atoms with Gasteiger partial charge in [0, 0.05) is 11.6 Å². The van der Waals surface area contributed by atoms with Gasteiger partial charge in [-0.25, -0.2) is 12.8 Å². The Morgan fingerprint density at radius 1 is 1.48 bits per heavy atom. The van der Waals surface area contributed by atoms with E-state index in [0.717, 1.165) is 12.1 Å². The minimum Gasteiger partial charge on any atom is -0.348 e. The predicted molar refractivity (Wildman–Crippen MR) is 76.9 cm³/mol. The maximum atomic E-state index is 13.2. The molecule has 1 amide bonds. The van der Waals surface area contributed by atoms with E-state index in [9.17, 15) is 17.6 Å². The zero-order valence-corrected chi connectivity index (χ0v) is 12.0. The first-order valence-electron chi connectivity index (χ1n) is 6.41. The lowest BCUT2D eigenvalue weighted by Gasteiger charge is -2.12. The summed E-state index contributed by atoms with van der Waals surface area (Å²) in [5, 5.41) is 2.65. The molecular formula is C14H15FN2O3S. The zero-order valence-electron chi connectivity index (χ0n) is 11.2. The largest absolute Gasteiger partial charge is 0.348 e. The molecule has 1 unspecified atom stereocenters. The van der Waals surface area contributed by atoms with Crippen LogP contribution in [0.3, 0.4) is 0 Å². The van der Waals surface area contributed by atoms with Crippen LogP contribution in [-0.2, 0) is 9.84 Å². The molecule has 0 aromatic heterocycles. The Hall–Kier alpha value is -1.91. The highest BCUT2D eigenvalue weighted by Gasteiger charge is 2.29. The fourth-order valence-corrected chi connectivity index (χ4v) is 3.81. The number of rotatable bonds is 2. The van der Waals surface area contributed by atoms with E-state index >= 15 is 0 Å². The molecule has 3 N–H and O–H groups in total. The molecule has 1 fully saturated rings. The van der Waals surface area contributed by atoms with Crippen LogP contribution in [0.1, 0.15) is 22.3 Å². The number of benzene rings is 1. The van der Waals surface area contributed by atoms with Crippen molar-refractivity contribution in [2.24, 2.45) is 5.73 Å². The summed E-state index contributed by atoms with van der Waals surface area (Å²) in [6.07, 6.45) is 0.388. The highest BCUT2D eigenvalue weighted by atomic mass is 32.2. The van der Waals surface area contributed by atoms with Gasteiger partial charge in [0.25, 0.3) is 5.91 Å². The topological polar surface area (TPSA) is 89.3 Å². The zero-order chi connectivity index (χ0) is 15.5. The Morgan fingerprint density at radius 3 is 2.86 bits per heavy atom. The van der Waals surface area contributed by atoms with Gasteiger partial charge in [0.15, 0.2) is 9.84 Å². The molecule has 0 bridgehead atoms. The number of nitrogens with two attached hydrogens (primary N) is 1. The quantitative estimate of drug-likeness (QED) is 0.756. The van der Waals surface area contributed by atoms with Gasteiger partial charge in [0.05, 0.1) is 23.6 Å². The lowest BCUT2D eigenvalue weighted by molar-refractivity contribution is 0.0941.